The van der Waals surface area contributed by atoms with Crippen LogP contribution in [0.1, 0.15) is 136 Å². The number of aliphatic hydroxyl groups excluding tert-OH is 2. The minimum Gasteiger partial charge on any atom is -0.462 e. The van der Waals surface area contributed by atoms with Gasteiger partial charge in [0.05, 0.1) is 12.7 Å². The molecule has 0 fully saturated rings. The summed E-state index contributed by atoms with van der Waals surface area (Å²) < 4.78 is 10.4. The first-order valence-corrected chi connectivity index (χ1v) is 16.3. The average molecular weight is 577 g/mol. The molecule has 2 N–H and O–H groups in total. The van der Waals surface area contributed by atoms with Gasteiger partial charge in [-0.2, -0.15) is 0 Å². The van der Waals surface area contributed by atoms with Crippen molar-refractivity contribution in [3.8, 4) is 0 Å². The van der Waals surface area contributed by atoms with E-state index in [4.69, 9.17) is 9.47 Å². The molecule has 0 unspecified atom stereocenters. The summed E-state index contributed by atoms with van der Waals surface area (Å²) in [5.74, 6) is -0.705. The van der Waals surface area contributed by atoms with Crippen molar-refractivity contribution in [2.45, 2.75) is 148 Å². The fraction of sp³-hybridized carbons (Fsp3) is 0.714. The SMILES string of the molecule is CCCCC/C=C\C=C/[C@@H](O)C/C=C\C/C=C/CCCC(=O)OC[C@H](CO)OC(=O)CCCCCCCCCCC. The molecule has 0 aromatic rings. The highest BCUT2D eigenvalue weighted by molar-refractivity contribution is 5.70. The second-order valence-corrected chi connectivity index (χ2v) is 10.7. The highest BCUT2D eigenvalue weighted by Gasteiger charge is 2.16. The number of hydrogen-bond acceptors (Lipinski definition) is 6. The maximum atomic E-state index is 12.0. The van der Waals surface area contributed by atoms with Gasteiger partial charge in [-0.05, 0) is 44.9 Å². The van der Waals surface area contributed by atoms with E-state index >= 15 is 0 Å². The van der Waals surface area contributed by atoms with E-state index < -0.39 is 12.2 Å². The molecule has 41 heavy (non-hydrogen) atoms. The molecule has 0 saturated heterocycles. The van der Waals surface area contributed by atoms with Crippen LogP contribution in [0.2, 0.25) is 0 Å². The van der Waals surface area contributed by atoms with Gasteiger partial charge in [0.2, 0.25) is 0 Å². The molecular formula is C35H60O6. The van der Waals surface area contributed by atoms with Gasteiger partial charge in [0.1, 0.15) is 6.61 Å². The van der Waals surface area contributed by atoms with Gasteiger partial charge in [0.15, 0.2) is 6.10 Å². The molecule has 0 radical (unpaired) electrons. The van der Waals surface area contributed by atoms with E-state index in [1.807, 2.05) is 36.5 Å². The normalized spacial score (nSPS) is 13.6. The second-order valence-electron chi connectivity index (χ2n) is 10.7. The Kier molecular flexibility index (Phi) is 29.1. The van der Waals surface area contributed by atoms with Crippen molar-refractivity contribution in [1.82, 2.24) is 0 Å². The molecule has 0 aliphatic heterocycles. The molecule has 0 aliphatic carbocycles. The smallest absolute Gasteiger partial charge is 0.306 e. The third-order valence-corrected chi connectivity index (χ3v) is 6.71. The summed E-state index contributed by atoms with van der Waals surface area (Å²) >= 11 is 0. The Labute approximate surface area is 251 Å². The molecule has 0 aromatic carbocycles. The minimum absolute atomic E-state index is 0.115. The number of carbonyl (C=O) groups excluding carboxylic acids is 2. The first-order valence-electron chi connectivity index (χ1n) is 16.3. The number of carbonyl (C=O) groups is 2. The van der Waals surface area contributed by atoms with Crippen molar-refractivity contribution in [1.29, 1.82) is 0 Å². The van der Waals surface area contributed by atoms with Crippen LogP contribution >= 0.6 is 0 Å². The van der Waals surface area contributed by atoms with E-state index in [1.165, 1.54) is 57.8 Å². The quantitative estimate of drug-likeness (QED) is 0.0420. The Morgan fingerprint density at radius 2 is 1.29 bits per heavy atom. The maximum Gasteiger partial charge on any atom is 0.306 e. The number of allylic oxidation sites excluding steroid dienone is 6. The van der Waals surface area contributed by atoms with Crippen molar-refractivity contribution in [3.05, 3.63) is 48.6 Å². The molecular weight excluding hydrogens is 516 g/mol. The van der Waals surface area contributed by atoms with Crippen LogP contribution in [0.4, 0.5) is 0 Å². The maximum absolute atomic E-state index is 12.0. The summed E-state index contributed by atoms with van der Waals surface area (Å²) in [5.41, 5.74) is 0. The van der Waals surface area contributed by atoms with Crippen molar-refractivity contribution in [2.75, 3.05) is 13.2 Å². The van der Waals surface area contributed by atoms with Gasteiger partial charge in [-0.3, -0.25) is 9.59 Å². The molecule has 2 atom stereocenters. The van der Waals surface area contributed by atoms with Gasteiger partial charge in [0.25, 0.3) is 0 Å². The zero-order valence-electron chi connectivity index (χ0n) is 26.2. The first kappa shape index (κ1) is 38.8. The summed E-state index contributed by atoms with van der Waals surface area (Å²) in [6, 6.07) is 0. The number of rotatable bonds is 28. The van der Waals surface area contributed by atoms with Crippen LogP contribution in [-0.2, 0) is 19.1 Å². The Balaban J connectivity index is 3.80. The van der Waals surface area contributed by atoms with Crippen LogP contribution in [0.15, 0.2) is 48.6 Å². The lowest BCUT2D eigenvalue weighted by Crippen LogP contribution is -2.28. The van der Waals surface area contributed by atoms with Crippen molar-refractivity contribution >= 4 is 11.9 Å². The number of ether oxygens (including phenoxy) is 2. The van der Waals surface area contributed by atoms with Crippen molar-refractivity contribution in [3.63, 3.8) is 0 Å². The van der Waals surface area contributed by atoms with Crippen molar-refractivity contribution in [2.24, 2.45) is 0 Å². The van der Waals surface area contributed by atoms with Crippen LogP contribution in [-0.4, -0.2) is 47.6 Å². The lowest BCUT2D eigenvalue weighted by atomic mass is 10.1. The lowest BCUT2D eigenvalue weighted by molar-refractivity contribution is -0.161. The fourth-order valence-electron chi connectivity index (χ4n) is 4.15. The third kappa shape index (κ3) is 29.1. The summed E-state index contributed by atoms with van der Waals surface area (Å²) in [7, 11) is 0. The summed E-state index contributed by atoms with van der Waals surface area (Å²) in [6.45, 7) is 3.93. The molecule has 0 saturated carbocycles. The molecule has 6 nitrogen and oxygen atoms in total. The van der Waals surface area contributed by atoms with E-state index in [1.54, 1.807) is 6.08 Å². The fourth-order valence-corrected chi connectivity index (χ4v) is 4.15. The van der Waals surface area contributed by atoms with Gasteiger partial charge in [-0.25, -0.2) is 0 Å². The predicted octanol–water partition coefficient (Wildman–Crippen LogP) is 8.47. The molecule has 0 rings (SSSR count). The van der Waals surface area contributed by atoms with Gasteiger partial charge >= 0.3 is 11.9 Å². The highest BCUT2D eigenvalue weighted by Crippen LogP contribution is 2.11. The van der Waals surface area contributed by atoms with Crippen LogP contribution < -0.4 is 0 Å². The number of esters is 2. The molecule has 0 bridgehead atoms. The first-order chi connectivity index (χ1) is 20.0. The number of unbranched alkanes of at least 4 members (excludes halogenated alkanes) is 12. The van der Waals surface area contributed by atoms with E-state index in [9.17, 15) is 19.8 Å². The van der Waals surface area contributed by atoms with Crippen LogP contribution in [0.25, 0.3) is 0 Å². The molecule has 0 heterocycles. The minimum atomic E-state index is -0.808. The monoisotopic (exact) mass is 576 g/mol. The van der Waals surface area contributed by atoms with Gasteiger partial charge < -0.3 is 19.7 Å². The molecule has 0 spiro atoms. The zero-order valence-corrected chi connectivity index (χ0v) is 26.2. The largest absolute Gasteiger partial charge is 0.462 e. The zero-order chi connectivity index (χ0) is 30.2. The van der Waals surface area contributed by atoms with E-state index in [0.29, 0.717) is 19.3 Å². The Morgan fingerprint density at radius 1 is 0.683 bits per heavy atom. The molecule has 0 aromatic heterocycles. The highest BCUT2D eigenvalue weighted by atomic mass is 16.6. The molecule has 0 aliphatic rings. The lowest BCUT2D eigenvalue weighted by Gasteiger charge is -2.15. The van der Waals surface area contributed by atoms with Crippen LogP contribution in [0, 0.1) is 0 Å². The van der Waals surface area contributed by atoms with Gasteiger partial charge in [-0.1, -0.05) is 127 Å². The van der Waals surface area contributed by atoms with E-state index in [-0.39, 0.29) is 31.6 Å². The van der Waals surface area contributed by atoms with E-state index in [2.05, 4.69) is 19.9 Å². The van der Waals surface area contributed by atoms with Gasteiger partial charge in [-0.15, -0.1) is 0 Å². The average Bonchev–Trinajstić information content (AvgIpc) is 2.97. The Hall–Kier alpha value is -2.18. The molecule has 236 valence electrons. The predicted molar refractivity (Wildman–Crippen MR) is 170 cm³/mol. The number of aliphatic hydroxyl groups is 2. The second kappa shape index (κ2) is 30.8. The summed E-state index contributed by atoms with van der Waals surface area (Å²) in [5, 5.41) is 19.4. The summed E-state index contributed by atoms with van der Waals surface area (Å²) in [6.07, 6.45) is 33.4. The summed E-state index contributed by atoms with van der Waals surface area (Å²) in [4.78, 5) is 24.0. The topological polar surface area (TPSA) is 93.1 Å². The standard InChI is InChI=1S/C35H60O6/c1-3-5-7-9-11-12-16-21-25-29-35(39)41-33(30-36)31-40-34(38)28-24-20-17-13-15-19-23-27-32(37)26-22-18-14-10-8-6-4-2/h13-14,17-19,22-23,26,32-33,36-37H,3-12,15-16,20-21,24-25,27-31H2,1-2H3/b17-13+,18-14-,23-19-,26-22-/t32-,33+/m1/s1. The Bertz CT molecular complexity index is 724. The Morgan fingerprint density at radius 3 is 2.00 bits per heavy atom. The van der Waals surface area contributed by atoms with Crippen molar-refractivity contribution < 1.29 is 29.3 Å². The van der Waals surface area contributed by atoms with Crippen LogP contribution in [0.5, 0.6) is 0 Å². The van der Waals surface area contributed by atoms with Gasteiger partial charge in [0, 0.05) is 12.8 Å². The molecule has 0 amide bonds. The van der Waals surface area contributed by atoms with Crippen LogP contribution in [0.3, 0.4) is 0 Å². The third-order valence-electron chi connectivity index (χ3n) is 6.71. The number of hydrogen-bond donors (Lipinski definition) is 2. The molecule has 6 heteroatoms. The van der Waals surface area contributed by atoms with E-state index in [0.717, 1.165) is 38.5 Å².